The number of hydrogen-bond acceptors (Lipinski definition) is 2. The highest BCUT2D eigenvalue weighted by atomic mass is 15.4. The fourth-order valence-electron chi connectivity index (χ4n) is 2.56. The van der Waals surface area contributed by atoms with Crippen LogP contribution in [0.1, 0.15) is 5.56 Å². The zero-order valence-electron chi connectivity index (χ0n) is 12.5. The van der Waals surface area contributed by atoms with E-state index in [9.17, 15) is 0 Å². The van der Waals surface area contributed by atoms with Gasteiger partial charge in [-0.25, -0.2) is 9.66 Å². The van der Waals surface area contributed by atoms with Gasteiger partial charge in [0.05, 0.1) is 17.2 Å². The van der Waals surface area contributed by atoms with Gasteiger partial charge in [0.2, 0.25) is 0 Å². The van der Waals surface area contributed by atoms with Gasteiger partial charge in [0.15, 0.2) is 0 Å². The van der Waals surface area contributed by atoms with Gasteiger partial charge in [-0.1, -0.05) is 66.7 Å². The van der Waals surface area contributed by atoms with Gasteiger partial charge >= 0.3 is 0 Å². The van der Waals surface area contributed by atoms with Crippen LogP contribution in [-0.4, -0.2) is 15.9 Å². The van der Waals surface area contributed by atoms with Crippen molar-refractivity contribution in [3.63, 3.8) is 0 Å². The summed E-state index contributed by atoms with van der Waals surface area (Å²) < 4.78 is 1.79. The van der Waals surface area contributed by atoms with E-state index in [1.165, 1.54) is 11.1 Å². The minimum Gasteiger partial charge on any atom is -0.235 e. The first-order valence-electron chi connectivity index (χ1n) is 7.52. The average Bonchev–Trinajstić information content (AvgIpc) is 3.04. The first-order chi connectivity index (χ1) is 11.4. The Morgan fingerprint density at radius 2 is 1.43 bits per heavy atom. The van der Waals surface area contributed by atoms with Crippen molar-refractivity contribution in [2.45, 2.75) is 0 Å². The van der Waals surface area contributed by atoms with Crippen LogP contribution in [0, 0.1) is 0 Å². The zero-order valence-corrected chi connectivity index (χ0v) is 12.5. The van der Waals surface area contributed by atoms with Crippen LogP contribution in [0.5, 0.6) is 0 Å². The predicted molar refractivity (Wildman–Crippen MR) is 94.6 cm³/mol. The molecule has 3 aromatic carbocycles. The second-order valence-electron chi connectivity index (χ2n) is 5.31. The van der Waals surface area contributed by atoms with E-state index >= 15 is 0 Å². The Bertz CT molecular complexity index is 951. The first-order valence-corrected chi connectivity index (χ1v) is 7.52. The van der Waals surface area contributed by atoms with E-state index < -0.39 is 0 Å². The molecule has 3 nitrogen and oxygen atoms in total. The van der Waals surface area contributed by atoms with Crippen LogP contribution in [-0.2, 0) is 0 Å². The maximum Gasteiger partial charge on any atom is 0.118 e. The monoisotopic (exact) mass is 297 g/mol. The van der Waals surface area contributed by atoms with Crippen LogP contribution >= 0.6 is 0 Å². The van der Waals surface area contributed by atoms with Gasteiger partial charge in [-0.15, -0.1) is 0 Å². The molecule has 1 heterocycles. The van der Waals surface area contributed by atoms with Gasteiger partial charge in [0.1, 0.15) is 6.33 Å². The van der Waals surface area contributed by atoms with E-state index in [1.54, 1.807) is 11.0 Å². The smallest absolute Gasteiger partial charge is 0.118 e. The maximum absolute atomic E-state index is 4.50. The lowest BCUT2D eigenvalue weighted by Crippen LogP contribution is -1.89. The quantitative estimate of drug-likeness (QED) is 0.509. The summed E-state index contributed by atoms with van der Waals surface area (Å²) in [7, 11) is 0. The van der Waals surface area contributed by atoms with E-state index in [2.05, 4.69) is 58.6 Å². The number of imidazole rings is 1. The molecule has 110 valence electrons. The molecule has 0 saturated carbocycles. The Morgan fingerprint density at radius 1 is 0.739 bits per heavy atom. The summed E-state index contributed by atoms with van der Waals surface area (Å²) in [5, 5.41) is 4.50. The summed E-state index contributed by atoms with van der Waals surface area (Å²) in [6.45, 7) is 0. The van der Waals surface area contributed by atoms with Crippen molar-refractivity contribution in [3.8, 4) is 11.1 Å². The zero-order chi connectivity index (χ0) is 15.5. The van der Waals surface area contributed by atoms with E-state index in [1.807, 2.05) is 36.5 Å². The molecule has 0 radical (unpaired) electrons. The Kier molecular flexibility index (Phi) is 3.45. The summed E-state index contributed by atoms with van der Waals surface area (Å²) in [5.74, 6) is 0. The third-order valence-corrected chi connectivity index (χ3v) is 3.78. The topological polar surface area (TPSA) is 30.2 Å². The molecule has 0 aliphatic heterocycles. The van der Waals surface area contributed by atoms with E-state index in [0.29, 0.717) is 0 Å². The number of fused-ring (bicyclic) bond motifs is 1. The lowest BCUT2D eigenvalue weighted by atomic mass is 10.0. The van der Waals surface area contributed by atoms with E-state index in [-0.39, 0.29) is 0 Å². The largest absolute Gasteiger partial charge is 0.235 e. The molecule has 0 N–H and O–H groups in total. The molecule has 0 atom stereocenters. The van der Waals surface area contributed by atoms with Crippen molar-refractivity contribution in [2.75, 3.05) is 0 Å². The summed E-state index contributed by atoms with van der Waals surface area (Å²) in [6.07, 6.45) is 3.59. The molecule has 0 fully saturated rings. The van der Waals surface area contributed by atoms with Gasteiger partial charge < -0.3 is 0 Å². The number of benzene rings is 3. The highest BCUT2D eigenvalue weighted by Crippen LogP contribution is 2.19. The van der Waals surface area contributed by atoms with Gasteiger partial charge in [0, 0.05) is 0 Å². The molecule has 0 aliphatic rings. The SMILES string of the molecule is C(=N/n1cnc2ccccc21)/c1ccc(-c2ccccc2)cc1. The molecule has 3 heteroatoms. The number of nitrogens with zero attached hydrogens (tertiary/aromatic N) is 3. The normalized spacial score (nSPS) is 11.3. The Labute approximate surface area is 134 Å². The van der Waals surface area contributed by atoms with Crippen molar-refractivity contribution in [2.24, 2.45) is 5.10 Å². The molecule has 23 heavy (non-hydrogen) atoms. The van der Waals surface area contributed by atoms with Crippen molar-refractivity contribution in [1.29, 1.82) is 0 Å². The molecular formula is C20H15N3. The minimum absolute atomic E-state index is 0.948. The van der Waals surface area contributed by atoms with Crippen LogP contribution < -0.4 is 0 Å². The Morgan fingerprint density at radius 3 is 2.26 bits per heavy atom. The van der Waals surface area contributed by atoms with Crippen molar-refractivity contribution in [3.05, 3.63) is 90.8 Å². The molecule has 4 aromatic rings. The second kappa shape index (κ2) is 5.89. The number of hydrogen-bond donors (Lipinski definition) is 0. The van der Waals surface area contributed by atoms with E-state index in [0.717, 1.165) is 16.6 Å². The molecule has 0 aliphatic carbocycles. The third-order valence-electron chi connectivity index (χ3n) is 3.78. The predicted octanol–water partition coefficient (Wildman–Crippen LogP) is 4.59. The molecule has 0 spiro atoms. The third kappa shape index (κ3) is 2.77. The van der Waals surface area contributed by atoms with Crippen molar-refractivity contribution >= 4 is 17.2 Å². The van der Waals surface area contributed by atoms with Gasteiger partial charge in [-0.3, -0.25) is 0 Å². The lowest BCUT2D eigenvalue weighted by molar-refractivity contribution is 0.914. The minimum atomic E-state index is 0.948. The molecular weight excluding hydrogens is 282 g/mol. The summed E-state index contributed by atoms with van der Waals surface area (Å²) in [5.41, 5.74) is 5.43. The Balaban J connectivity index is 1.59. The van der Waals surface area contributed by atoms with Crippen molar-refractivity contribution < 1.29 is 0 Å². The highest BCUT2D eigenvalue weighted by molar-refractivity contribution is 5.82. The fraction of sp³-hybridized carbons (Fsp3) is 0. The van der Waals surface area contributed by atoms with Gasteiger partial charge in [-0.2, -0.15) is 5.10 Å². The number of rotatable bonds is 3. The summed E-state index contributed by atoms with van der Waals surface area (Å²) in [6, 6.07) is 26.7. The molecule has 0 unspecified atom stereocenters. The van der Waals surface area contributed by atoms with Crippen molar-refractivity contribution in [1.82, 2.24) is 9.66 Å². The number of para-hydroxylation sites is 2. The van der Waals surface area contributed by atoms with Crippen LogP contribution in [0.3, 0.4) is 0 Å². The molecule has 1 aromatic heterocycles. The molecule has 0 saturated heterocycles. The van der Waals surface area contributed by atoms with Gasteiger partial charge in [0.25, 0.3) is 0 Å². The van der Waals surface area contributed by atoms with Crippen LogP contribution in [0.15, 0.2) is 90.3 Å². The van der Waals surface area contributed by atoms with Crippen LogP contribution in [0.25, 0.3) is 22.2 Å². The molecule has 4 rings (SSSR count). The fourth-order valence-corrected chi connectivity index (χ4v) is 2.56. The van der Waals surface area contributed by atoms with Crippen LogP contribution in [0.2, 0.25) is 0 Å². The lowest BCUT2D eigenvalue weighted by Gasteiger charge is -2.01. The highest BCUT2D eigenvalue weighted by Gasteiger charge is 1.99. The van der Waals surface area contributed by atoms with E-state index in [4.69, 9.17) is 0 Å². The molecule has 0 amide bonds. The van der Waals surface area contributed by atoms with Gasteiger partial charge in [-0.05, 0) is 28.8 Å². The Hall–Kier alpha value is -3.20. The second-order valence-corrected chi connectivity index (χ2v) is 5.31. The average molecular weight is 297 g/mol. The maximum atomic E-state index is 4.50. The summed E-state index contributed by atoms with van der Waals surface area (Å²) >= 11 is 0. The summed E-state index contributed by atoms with van der Waals surface area (Å²) in [4.78, 5) is 4.33. The standard InChI is InChI=1S/C20H15N3/c1-2-6-17(7-3-1)18-12-10-16(11-13-18)14-22-23-15-21-19-8-4-5-9-20(19)23/h1-15H/b22-14-. The van der Waals surface area contributed by atoms with Crippen LogP contribution in [0.4, 0.5) is 0 Å². The first kappa shape index (κ1) is 13.5. The number of aromatic nitrogens is 2. The molecule has 0 bridgehead atoms.